The Labute approximate surface area is 375 Å². The van der Waals surface area contributed by atoms with Crippen LogP contribution in [0.3, 0.4) is 0 Å². The van der Waals surface area contributed by atoms with Crippen molar-refractivity contribution >= 4 is 59.6 Å². The van der Waals surface area contributed by atoms with Gasteiger partial charge in [0.25, 0.3) is 5.91 Å². The van der Waals surface area contributed by atoms with Gasteiger partial charge in [-0.25, -0.2) is 32.3 Å². The zero-order valence-corrected chi connectivity index (χ0v) is 37.2. The Morgan fingerprint density at radius 3 is 2.43 bits per heavy atom. The van der Waals surface area contributed by atoms with E-state index in [0.29, 0.717) is 51.8 Å². The summed E-state index contributed by atoms with van der Waals surface area (Å²) in [4.78, 5) is 32.5. The number of fused-ring (bicyclic) bond motifs is 8. The number of carbonyl (C=O) groups excluding carboxylic acids is 1. The second kappa shape index (κ2) is 18.3. The van der Waals surface area contributed by atoms with Gasteiger partial charge < -0.3 is 24.4 Å². The zero-order valence-electron chi connectivity index (χ0n) is 36.4. The van der Waals surface area contributed by atoms with Gasteiger partial charge in [0, 0.05) is 62.3 Å². The SMILES string of the molecule is COc1ccccc1-c1nccc(COc2ccccc2CC(Nc2ncnn3cc4c5ccc(F)cc5c5c(C)c(OCCN6CCN(C)CC6)ccc5c4c23)C(=O)NS(C)(=O)=O)n1. The van der Waals surface area contributed by atoms with Crippen LogP contribution in [0.1, 0.15) is 16.8 Å². The molecule has 1 atom stereocenters. The van der Waals surface area contributed by atoms with Gasteiger partial charge in [0.1, 0.15) is 54.2 Å². The summed E-state index contributed by atoms with van der Waals surface area (Å²) in [5, 5.41) is 12.5. The Balaban J connectivity index is 1.07. The number of benzene rings is 5. The van der Waals surface area contributed by atoms with Crippen molar-refractivity contribution in [2.75, 3.05) is 65.1 Å². The maximum atomic E-state index is 15.1. The molecule has 1 fully saturated rings. The average Bonchev–Trinajstić information content (AvgIpc) is 3.70. The first kappa shape index (κ1) is 43.3. The number of rotatable bonds is 15. The van der Waals surface area contributed by atoms with Crippen LogP contribution in [0.2, 0.25) is 0 Å². The monoisotopic (exact) mass is 897 g/mol. The Morgan fingerprint density at radius 1 is 0.862 bits per heavy atom. The van der Waals surface area contributed by atoms with Crippen molar-refractivity contribution in [3.63, 3.8) is 0 Å². The fraction of sp³-hybridized carbons (Fsp3) is 0.271. The second-order valence-corrected chi connectivity index (χ2v) is 18.0. The molecule has 15 nitrogen and oxygen atoms in total. The number of ether oxygens (including phenoxy) is 3. The van der Waals surface area contributed by atoms with Crippen LogP contribution >= 0.6 is 0 Å². The third-order valence-electron chi connectivity index (χ3n) is 11.8. The lowest BCUT2D eigenvalue weighted by molar-refractivity contribution is -0.120. The number of hydrogen-bond acceptors (Lipinski definition) is 13. The van der Waals surface area contributed by atoms with Gasteiger partial charge in [-0.2, -0.15) is 5.10 Å². The third kappa shape index (κ3) is 9.20. The van der Waals surface area contributed by atoms with Crippen molar-refractivity contribution in [3.8, 4) is 28.6 Å². The molecule has 3 aromatic heterocycles. The average molecular weight is 898 g/mol. The van der Waals surface area contributed by atoms with E-state index in [1.54, 1.807) is 42.1 Å². The lowest BCUT2D eigenvalue weighted by Crippen LogP contribution is -2.45. The third-order valence-corrected chi connectivity index (χ3v) is 12.4. The molecule has 1 saturated heterocycles. The maximum absolute atomic E-state index is 15.1. The number of halogens is 1. The summed E-state index contributed by atoms with van der Waals surface area (Å²) in [6.07, 6.45) is 5.79. The Hall–Kier alpha value is -6.95. The smallest absolute Gasteiger partial charge is 0.256 e. The van der Waals surface area contributed by atoms with E-state index in [0.717, 1.165) is 77.0 Å². The van der Waals surface area contributed by atoms with Crippen molar-refractivity contribution < 1.29 is 31.8 Å². The van der Waals surface area contributed by atoms with E-state index in [4.69, 9.17) is 19.2 Å². The molecule has 2 N–H and O–H groups in total. The number of carbonyl (C=O) groups is 1. The predicted octanol–water partition coefficient (Wildman–Crippen LogP) is 6.41. The molecule has 1 aliphatic rings. The molecule has 4 heterocycles. The molecule has 0 spiro atoms. The van der Waals surface area contributed by atoms with Crippen LogP contribution < -0.4 is 24.2 Å². The minimum Gasteiger partial charge on any atom is -0.496 e. The van der Waals surface area contributed by atoms with Gasteiger partial charge in [-0.15, -0.1) is 0 Å². The number of methoxy groups -OCH3 is 1. The number of aromatic nitrogens is 5. The summed E-state index contributed by atoms with van der Waals surface area (Å²) in [5.74, 6) is 1.38. The highest BCUT2D eigenvalue weighted by molar-refractivity contribution is 7.89. The number of amides is 1. The van der Waals surface area contributed by atoms with Gasteiger partial charge in [-0.1, -0.05) is 36.4 Å². The van der Waals surface area contributed by atoms with Crippen LogP contribution in [0.5, 0.6) is 17.2 Å². The van der Waals surface area contributed by atoms with E-state index in [-0.39, 0.29) is 24.7 Å². The van der Waals surface area contributed by atoms with Crippen LogP contribution in [0.25, 0.3) is 49.2 Å². The minimum absolute atomic E-state index is 0.000536. The Kier molecular flexibility index (Phi) is 12.2. The van der Waals surface area contributed by atoms with E-state index in [1.807, 2.05) is 67.7 Å². The van der Waals surface area contributed by atoms with Crippen LogP contribution in [0, 0.1) is 12.7 Å². The molecule has 1 aliphatic heterocycles. The van der Waals surface area contributed by atoms with Gasteiger partial charge in [0.05, 0.1) is 24.6 Å². The summed E-state index contributed by atoms with van der Waals surface area (Å²) in [6, 6.07) is 23.9. The first-order valence-corrected chi connectivity index (χ1v) is 23.1. The van der Waals surface area contributed by atoms with Crippen LogP contribution in [-0.2, 0) is 27.8 Å². The van der Waals surface area contributed by atoms with Crippen molar-refractivity contribution in [2.45, 2.75) is 26.0 Å². The van der Waals surface area contributed by atoms with E-state index in [9.17, 15) is 13.2 Å². The number of sulfonamides is 1. The molecule has 1 unspecified atom stereocenters. The van der Waals surface area contributed by atoms with E-state index in [1.165, 1.54) is 12.4 Å². The van der Waals surface area contributed by atoms with Gasteiger partial charge >= 0.3 is 0 Å². The molecule has 65 heavy (non-hydrogen) atoms. The standard InChI is InChI=1S/C48H48FN9O6S/c1-30-40(63-24-23-57-21-19-56(2)20-22-57)16-15-36-43(30)37-26-32(49)13-14-34(37)38-27-58-45(44(36)38)47(51-29-52-58)54-39(48(59)55-65(4,60)61)25-31-9-5-7-11-41(31)64-28-33-17-18-50-46(53-33)35-10-6-8-12-42(35)62-3/h5-18,26-27,29,39H,19-25,28H2,1-4H3,(H,55,59)(H,51,52,54). The molecule has 8 aromatic rings. The molecule has 334 valence electrons. The first-order chi connectivity index (χ1) is 31.4. The van der Waals surface area contributed by atoms with Crippen molar-refractivity contribution in [1.82, 2.24) is 39.1 Å². The first-order valence-electron chi connectivity index (χ1n) is 21.2. The second-order valence-electron chi connectivity index (χ2n) is 16.2. The number of likely N-dealkylation sites (N-methyl/N-ethyl adjacent to an activating group) is 1. The van der Waals surface area contributed by atoms with Crippen LogP contribution in [0.15, 0.2) is 104 Å². The lowest BCUT2D eigenvalue weighted by atomic mass is 9.93. The summed E-state index contributed by atoms with van der Waals surface area (Å²) >= 11 is 0. The molecule has 0 saturated carbocycles. The number of nitrogens with one attached hydrogen (secondary N) is 2. The van der Waals surface area contributed by atoms with Crippen molar-refractivity contribution in [1.29, 1.82) is 0 Å². The van der Waals surface area contributed by atoms with Crippen LogP contribution in [-0.4, -0.2) is 114 Å². The van der Waals surface area contributed by atoms with Gasteiger partial charge in [-0.3, -0.25) is 14.4 Å². The zero-order chi connectivity index (χ0) is 45.2. The van der Waals surface area contributed by atoms with E-state index < -0.39 is 22.0 Å². The minimum atomic E-state index is -3.97. The fourth-order valence-corrected chi connectivity index (χ4v) is 9.07. The summed E-state index contributed by atoms with van der Waals surface area (Å²) in [6.45, 7) is 7.32. The number of nitrogens with zero attached hydrogens (tertiary/aromatic N) is 7. The number of aryl methyl sites for hydroxylation is 1. The Morgan fingerprint density at radius 2 is 1.63 bits per heavy atom. The number of piperazine rings is 1. The van der Waals surface area contributed by atoms with Gasteiger partial charge in [0.15, 0.2) is 11.6 Å². The number of para-hydroxylation sites is 2. The van der Waals surface area contributed by atoms with E-state index >= 15 is 4.39 Å². The van der Waals surface area contributed by atoms with E-state index in [2.05, 4.69) is 42.0 Å². The summed E-state index contributed by atoms with van der Waals surface area (Å²) in [7, 11) is -0.250. The molecule has 9 rings (SSSR count). The number of anilines is 1. The van der Waals surface area contributed by atoms with Gasteiger partial charge in [-0.05, 0) is 95.2 Å². The van der Waals surface area contributed by atoms with Crippen molar-refractivity contribution in [2.24, 2.45) is 0 Å². The highest BCUT2D eigenvalue weighted by Crippen LogP contribution is 2.43. The highest BCUT2D eigenvalue weighted by atomic mass is 32.2. The molecule has 0 radical (unpaired) electrons. The topological polar surface area (TPSA) is 165 Å². The number of hydrogen-bond donors (Lipinski definition) is 2. The molecule has 1 amide bonds. The quantitative estimate of drug-likeness (QED) is 0.109. The highest BCUT2D eigenvalue weighted by Gasteiger charge is 2.27. The molecule has 5 aromatic carbocycles. The fourth-order valence-electron chi connectivity index (χ4n) is 8.56. The Bertz CT molecular complexity index is 3190. The summed E-state index contributed by atoms with van der Waals surface area (Å²) < 4.78 is 62.3. The maximum Gasteiger partial charge on any atom is 0.256 e. The molecule has 0 bridgehead atoms. The molecular formula is C48H48FN9O6S. The molecule has 0 aliphatic carbocycles. The molecule has 17 heteroatoms. The van der Waals surface area contributed by atoms with Crippen LogP contribution in [0.4, 0.5) is 10.2 Å². The van der Waals surface area contributed by atoms with Gasteiger partial charge in [0.2, 0.25) is 10.0 Å². The summed E-state index contributed by atoms with van der Waals surface area (Å²) in [5.41, 5.74) is 3.34. The normalized spacial score (nSPS) is 14.2. The lowest BCUT2D eigenvalue weighted by Gasteiger charge is -2.32. The molecular weight excluding hydrogens is 850 g/mol. The van der Waals surface area contributed by atoms with Crippen molar-refractivity contribution in [3.05, 3.63) is 126 Å². The largest absolute Gasteiger partial charge is 0.496 e. The predicted molar refractivity (Wildman–Crippen MR) is 249 cm³/mol.